The molecule has 5 rings (SSSR count). The summed E-state index contributed by atoms with van der Waals surface area (Å²) in [5, 5.41) is 4.30. The van der Waals surface area contributed by atoms with Gasteiger partial charge in [-0.1, -0.05) is 84.8 Å². The van der Waals surface area contributed by atoms with Gasteiger partial charge in [0.1, 0.15) is 6.10 Å². The zero-order valence-corrected chi connectivity index (χ0v) is 25.7. The maximum atomic E-state index is 11.8. The van der Waals surface area contributed by atoms with Gasteiger partial charge in [-0.2, -0.15) is 0 Å². The molecule has 4 fully saturated rings. The van der Waals surface area contributed by atoms with E-state index in [1.165, 1.54) is 83.5 Å². The predicted molar refractivity (Wildman–Crippen MR) is 158 cm³/mol. The monoisotopic (exact) mass is 525 g/mol. The van der Waals surface area contributed by atoms with Crippen LogP contribution in [0.2, 0.25) is 0 Å². The van der Waals surface area contributed by atoms with Crippen LogP contribution in [0.3, 0.4) is 0 Å². The van der Waals surface area contributed by atoms with E-state index in [0.717, 1.165) is 48.3 Å². The molecule has 0 aromatic heterocycles. The van der Waals surface area contributed by atoms with Crippen LogP contribution in [-0.4, -0.2) is 24.2 Å². The fourth-order valence-corrected chi connectivity index (χ4v) is 10.7. The van der Waals surface area contributed by atoms with E-state index in [2.05, 4.69) is 46.0 Å². The van der Waals surface area contributed by atoms with Gasteiger partial charge in [0.15, 0.2) is 0 Å². The summed E-state index contributed by atoms with van der Waals surface area (Å²) in [6.07, 6.45) is 22.8. The number of carbonyl (C=O) groups excluding carboxylic acids is 1. The molecule has 38 heavy (non-hydrogen) atoms. The molecule has 3 nitrogen and oxygen atoms in total. The van der Waals surface area contributed by atoms with Crippen LogP contribution in [-0.2, 0) is 9.53 Å². The Balaban J connectivity index is 1.41. The van der Waals surface area contributed by atoms with Crippen molar-refractivity contribution in [3.05, 3.63) is 11.6 Å². The van der Waals surface area contributed by atoms with Gasteiger partial charge in [-0.05, 0) is 97.7 Å². The number of hydrogen-bond acceptors (Lipinski definition) is 3. The number of ether oxygens (including phenoxy) is 1. The lowest BCUT2D eigenvalue weighted by atomic mass is 9.46. The summed E-state index contributed by atoms with van der Waals surface area (Å²) in [4.78, 5) is 11.8. The third kappa shape index (κ3) is 5.53. The number of esters is 1. The average Bonchev–Trinajstić information content (AvgIpc) is 3.22. The minimum absolute atomic E-state index is 0.0788. The highest BCUT2D eigenvalue weighted by atomic mass is 16.5. The van der Waals surface area contributed by atoms with Crippen LogP contribution in [0, 0.1) is 46.3 Å². The first kappa shape index (κ1) is 28.7. The highest BCUT2D eigenvalue weighted by Crippen LogP contribution is 2.67. The summed E-state index contributed by atoms with van der Waals surface area (Å²) < 4.78 is 5.78. The molecular formula is C35H59NO2. The summed E-state index contributed by atoms with van der Waals surface area (Å²) in [5.74, 6) is 4.86. The van der Waals surface area contributed by atoms with Gasteiger partial charge in [0, 0.05) is 25.4 Å². The molecule has 5 aliphatic carbocycles. The van der Waals surface area contributed by atoms with Crippen LogP contribution in [0.1, 0.15) is 138 Å². The SMILES string of the molecule is CC(=O)O[C@H]1CC[C@@]2(C)C(=C[C@@H](NC3CCCCC3)[C@H]3[C@@H]4CC[C@H]([C@H](C)CCCC(C)C)[C@@]4(C)CC[C@@H]32)C1. The molecule has 0 radical (unpaired) electrons. The molecule has 0 aromatic rings. The molecule has 0 spiro atoms. The molecule has 0 unspecified atom stereocenters. The van der Waals surface area contributed by atoms with E-state index in [1.807, 2.05) is 0 Å². The molecule has 0 aliphatic heterocycles. The van der Waals surface area contributed by atoms with Gasteiger partial charge in [0.2, 0.25) is 0 Å². The largest absolute Gasteiger partial charge is 0.462 e. The minimum Gasteiger partial charge on any atom is -0.462 e. The van der Waals surface area contributed by atoms with Crippen molar-refractivity contribution in [3.8, 4) is 0 Å². The molecule has 1 N–H and O–H groups in total. The Labute approximate surface area is 234 Å². The third-order valence-corrected chi connectivity index (χ3v) is 12.7. The maximum absolute atomic E-state index is 11.8. The van der Waals surface area contributed by atoms with Crippen molar-refractivity contribution in [1.82, 2.24) is 5.32 Å². The zero-order chi connectivity index (χ0) is 27.1. The van der Waals surface area contributed by atoms with Crippen LogP contribution in [0.15, 0.2) is 11.6 Å². The van der Waals surface area contributed by atoms with Crippen molar-refractivity contribution in [3.63, 3.8) is 0 Å². The maximum Gasteiger partial charge on any atom is 0.302 e. The molecule has 5 aliphatic rings. The van der Waals surface area contributed by atoms with E-state index < -0.39 is 0 Å². The molecule has 0 bridgehead atoms. The molecule has 4 saturated carbocycles. The van der Waals surface area contributed by atoms with Crippen molar-refractivity contribution >= 4 is 5.97 Å². The Morgan fingerprint density at radius 3 is 2.45 bits per heavy atom. The van der Waals surface area contributed by atoms with Gasteiger partial charge in [0.05, 0.1) is 0 Å². The number of fused-ring (bicyclic) bond motifs is 5. The van der Waals surface area contributed by atoms with Gasteiger partial charge < -0.3 is 10.1 Å². The molecule has 0 aromatic carbocycles. The van der Waals surface area contributed by atoms with Crippen LogP contribution < -0.4 is 5.32 Å². The van der Waals surface area contributed by atoms with E-state index in [9.17, 15) is 4.79 Å². The fraction of sp³-hybridized carbons (Fsp3) is 0.914. The van der Waals surface area contributed by atoms with Crippen LogP contribution in [0.4, 0.5) is 0 Å². The lowest BCUT2D eigenvalue weighted by Crippen LogP contribution is -2.59. The molecule has 3 heteroatoms. The second kappa shape index (κ2) is 11.6. The topological polar surface area (TPSA) is 38.3 Å². The highest BCUT2D eigenvalue weighted by Gasteiger charge is 2.61. The van der Waals surface area contributed by atoms with Crippen molar-refractivity contribution in [2.24, 2.45) is 46.3 Å². The molecule has 0 saturated heterocycles. The molecule has 9 atom stereocenters. The molecular weight excluding hydrogens is 466 g/mol. The Bertz CT molecular complexity index is 858. The van der Waals surface area contributed by atoms with Gasteiger partial charge in [-0.15, -0.1) is 0 Å². The zero-order valence-electron chi connectivity index (χ0n) is 25.7. The van der Waals surface area contributed by atoms with E-state index >= 15 is 0 Å². The summed E-state index contributed by atoms with van der Waals surface area (Å²) in [6, 6.07) is 1.19. The molecule has 0 amide bonds. The second-order valence-electron chi connectivity index (χ2n) is 15.4. The Hall–Kier alpha value is -0.830. The van der Waals surface area contributed by atoms with Gasteiger partial charge in [-0.25, -0.2) is 0 Å². The van der Waals surface area contributed by atoms with E-state index in [4.69, 9.17) is 4.74 Å². The summed E-state index contributed by atoms with van der Waals surface area (Å²) >= 11 is 0. The van der Waals surface area contributed by atoms with Crippen LogP contribution in [0.25, 0.3) is 0 Å². The van der Waals surface area contributed by atoms with Crippen molar-refractivity contribution < 1.29 is 9.53 Å². The van der Waals surface area contributed by atoms with Crippen molar-refractivity contribution in [2.45, 2.75) is 156 Å². The van der Waals surface area contributed by atoms with Crippen molar-refractivity contribution in [2.75, 3.05) is 0 Å². The lowest BCUT2D eigenvalue weighted by molar-refractivity contribution is -0.149. The first-order chi connectivity index (χ1) is 18.1. The molecule has 0 heterocycles. The Morgan fingerprint density at radius 1 is 0.974 bits per heavy atom. The fourth-order valence-electron chi connectivity index (χ4n) is 10.7. The summed E-state index contributed by atoms with van der Waals surface area (Å²) in [6.45, 7) is 14.3. The van der Waals surface area contributed by atoms with Crippen molar-refractivity contribution in [1.29, 1.82) is 0 Å². The predicted octanol–water partition coefficient (Wildman–Crippen LogP) is 8.86. The van der Waals surface area contributed by atoms with E-state index in [0.29, 0.717) is 17.5 Å². The van der Waals surface area contributed by atoms with Gasteiger partial charge >= 0.3 is 5.97 Å². The minimum atomic E-state index is -0.113. The van der Waals surface area contributed by atoms with Crippen LogP contribution >= 0.6 is 0 Å². The first-order valence-electron chi connectivity index (χ1n) is 16.8. The number of carbonyl (C=O) groups is 1. The lowest BCUT2D eigenvalue weighted by Gasteiger charge is -2.60. The van der Waals surface area contributed by atoms with Gasteiger partial charge in [-0.3, -0.25) is 4.79 Å². The average molecular weight is 526 g/mol. The molecule has 216 valence electrons. The number of rotatable bonds is 8. The normalized spacial score (nSPS) is 42.1. The summed E-state index contributed by atoms with van der Waals surface area (Å²) in [5.41, 5.74) is 2.40. The highest BCUT2D eigenvalue weighted by molar-refractivity contribution is 5.66. The Morgan fingerprint density at radius 2 is 1.74 bits per heavy atom. The standard InChI is InChI=1S/C35H59NO2/c1-23(2)11-10-12-24(3)29-15-16-30-33-31(18-20-35(29,30)6)34(5)19-17-28(38-25(4)37)21-26(34)22-32(33)36-27-13-8-7-9-14-27/h22-24,27-33,36H,7-21H2,1-6H3/t24-,28+,29-,30+,31+,32-,33+,34+,35-/m1/s1. The first-order valence-corrected chi connectivity index (χ1v) is 16.8. The summed E-state index contributed by atoms with van der Waals surface area (Å²) in [7, 11) is 0. The number of nitrogens with one attached hydrogen (secondary N) is 1. The van der Waals surface area contributed by atoms with E-state index in [1.54, 1.807) is 12.5 Å². The van der Waals surface area contributed by atoms with Crippen LogP contribution in [0.5, 0.6) is 0 Å². The van der Waals surface area contributed by atoms with E-state index in [-0.39, 0.29) is 17.5 Å². The Kier molecular flexibility index (Phi) is 8.74. The number of hydrogen-bond donors (Lipinski definition) is 1. The quantitative estimate of drug-likeness (QED) is 0.254. The second-order valence-corrected chi connectivity index (χ2v) is 15.4. The third-order valence-electron chi connectivity index (χ3n) is 12.7. The smallest absolute Gasteiger partial charge is 0.302 e. The van der Waals surface area contributed by atoms with Gasteiger partial charge in [0.25, 0.3) is 0 Å².